The third-order valence-electron chi connectivity index (χ3n) is 6.33. The number of aryl methyl sites for hydroxylation is 1. The van der Waals surface area contributed by atoms with E-state index in [-0.39, 0.29) is 11.6 Å². The first-order chi connectivity index (χ1) is 16.6. The number of ether oxygens (including phenoxy) is 1. The molecule has 1 aromatic heterocycles. The number of hydrogen-bond acceptors (Lipinski definition) is 4. The van der Waals surface area contributed by atoms with E-state index in [1.807, 2.05) is 31.3 Å². The SMILES string of the molecule is CCOc1ccc(-c2ccc(CC(=O)CCc3cccc(F)c3)nc2)c(CN2CCCCC2)c1. The predicted octanol–water partition coefficient (Wildman–Crippen LogP) is 6.02. The second-order valence-electron chi connectivity index (χ2n) is 8.97. The quantitative estimate of drug-likeness (QED) is 0.371. The van der Waals surface area contributed by atoms with E-state index in [0.717, 1.165) is 47.8 Å². The lowest BCUT2D eigenvalue weighted by atomic mass is 9.98. The summed E-state index contributed by atoms with van der Waals surface area (Å²) < 4.78 is 19.1. The molecule has 0 bridgehead atoms. The number of piperidine rings is 1. The molecule has 0 amide bonds. The highest BCUT2D eigenvalue weighted by molar-refractivity contribution is 5.80. The summed E-state index contributed by atoms with van der Waals surface area (Å²) in [6.45, 7) is 5.81. The number of likely N-dealkylation sites (tertiary alicyclic amines) is 1. The fraction of sp³-hybridized carbons (Fsp3) is 0.379. The molecule has 34 heavy (non-hydrogen) atoms. The van der Waals surface area contributed by atoms with Gasteiger partial charge in [0.05, 0.1) is 6.61 Å². The molecule has 0 saturated carbocycles. The normalized spacial score (nSPS) is 14.2. The molecule has 5 heteroatoms. The first-order valence-electron chi connectivity index (χ1n) is 12.3. The molecule has 0 atom stereocenters. The van der Waals surface area contributed by atoms with Crippen molar-refractivity contribution in [2.24, 2.45) is 0 Å². The Morgan fingerprint density at radius 2 is 1.91 bits per heavy atom. The molecule has 1 saturated heterocycles. The number of ketones is 1. The maximum absolute atomic E-state index is 13.3. The number of benzene rings is 2. The lowest BCUT2D eigenvalue weighted by molar-refractivity contribution is -0.118. The third kappa shape index (κ3) is 6.73. The van der Waals surface area contributed by atoms with Crippen LogP contribution in [0.1, 0.15) is 49.4 Å². The van der Waals surface area contributed by atoms with E-state index in [1.54, 1.807) is 6.07 Å². The van der Waals surface area contributed by atoms with Gasteiger partial charge in [0.25, 0.3) is 0 Å². The van der Waals surface area contributed by atoms with Gasteiger partial charge in [-0.15, -0.1) is 0 Å². The second-order valence-corrected chi connectivity index (χ2v) is 8.97. The van der Waals surface area contributed by atoms with Crippen LogP contribution >= 0.6 is 0 Å². The molecule has 4 rings (SSSR count). The molecule has 3 aromatic rings. The molecule has 0 radical (unpaired) electrons. The smallest absolute Gasteiger partial charge is 0.139 e. The van der Waals surface area contributed by atoms with Crippen LogP contribution in [-0.4, -0.2) is 35.4 Å². The lowest BCUT2D eigenvalue weighted by Crippen LogP contribution is -2.29. The molecule has 2 aromatic carbocycles. The largest absolute Gasteiger partial charge is 0.494 e. The van der Waals surface area contributed by atoms with Crippen LogP contribution in [0.2, 0.25) is 0 Å². The number of hydrogen-bond donors (Lipinski definition) is 0. The van der Waals surface area contributed by atoms with Crippen LogP contribution in [0.15, 0.2) is 60.8 Å². The number of halogens is 1. The third-order valence-corrected chi connectivity index (χ3v) is 6.33. The molecule has 2 heterocycles. The summed E-state index contributed by atoms with van der Waals surface area (Å²) in [5, 5.41) is 0. The van der Waals surface area contributed by atoms with E-state index < -0.39 is 0 Å². The van der Waals surface area contributed by atoms with Crippen LogP contribution in [0.4, 0.5) is 4.39 Å². The van der Waals surface area contributed by atoms with Crippen molar-refractivity contribution in [3.8, 4) is 16.9 Å². The fourth-order valence-electron chi connectivity index (χ4n) is 4.55. The Morgan fingerprint density at radius 1 is 1.06 bits per heavy atom. The molecule has 1 aliphatic heterocycles. The number of aromatic nitrogens is 1. The van der Waals surface area contributed by atoms with Crippen molar-refractivity contribution in [1.29, 1.82) is 0 Å². The minimum Gasteiger partial charge on any atom is -0.494 e. The van der Waals surface area contributed by atoms with E-state index >= 15 is 0 Å². The Labute approximate surface area is 201 Å². The number of rotatable bonds is 10. The molecule has 0 spiro atoms. The first kappa shape index (κ1) is 24.1. The summed E-state index contributed by atoms with van der Waals surface area (Å²) in [7, 11) is 0. The van der Waals surface area contributed by atoms with E-state index in [2.05, 4.69) is 28.1 Å². The first-order valence-corrected chi connectivity index (χ1v) is 12.3. The maximum atomic E-state index is 13.3. The molecular weight excluding hydrogens is 427 g/mol. The number of nitrogens with zero attached hydrogens (tertiary/aromatic N) is 2. The van der Waals surface area contributed by atoms with E-state index in [9.17, 15) is 9.18 Å². The van der Waals surface area contributed by atoms with Crippen molar-refractivity contribution in [2.75, 3.05) is 19.7 Å². The molecule has 0 aliphatic carbocycles. The van der Waals surface area contributed by atoms with Crippen LogP contribution in [0.25, 0.3) is 11.1 Å². The summed E-state index contributed by atoms with van der Waals surface area (Å²) in [6.07, 6.45) is 6.90. The highest BCUT2D eigenvalue weighted by Gasteiger charge is 2.15. The zero-order valence-corrected chi connectivity index (χ0v) is 19.9. The highest BCUT2D eigenvalue weighted by atomic mass is 19.1. The minimum absolute atomic E-state index is 0.108. The Balaban J connectivity index is 1.43. The van der Waals surface area contributed by atoms with Gasteiger partial charge >= 0.3 is 0 Å². The summed E-state index contributed by atoms with van der Waals surface area (Å²) >= 11 is 0. The summed E-state index contributed by atoms with van der Waals surface area (Å²) in [5.74, 6) is 0.735. The highest BCUT2D eigenvalue weighted by Crippen LogP contribution is 2.29. The van der Waals surface area contributed by atoms with Gasteiger partial charge < -0.3 is 4.74 Å². The average molecular weight is 461 g/mol. The predicted molar refractivity (Wildman–Crippen MR) is 133 cm³/mol. The number of Topliss-reactive ketones (excluding diaryl/α,β-unsaturated/α-hetero) is 1. The summed E-state index contributed by atoms with van der Waals surface area (Å²) in [6, 6.07) is 16.7. The number of carbonyl (C=O) groups is 1. The van der Waals surface area contributed by atoms with Crippen molar-refractivity contribution in [1.82, 2.24) is 9.88 Å². The topological polar surface area (TPSA) is 42.4 Å². The van der Waals surface area contributed by atoms with Crippen LogP contribution in [0, 0.1) is 5.82 Å². The fourth-order valence-corrected chi connectivity index (χ4v) is 4.55. The van der Waals surface area contributed by atoms with Crippen LogP contribution in [0.3, 0.4) is 0 Å². The Morgan fingerprint density at radius 3 is 2.65 bits per heavy atom. The maximum Gasteiger partial charge on any atom is 0.139 e. The van der Waals surface area contributed by atoms with Gasteiger partial charge in [-0.2, -0.15) is 0 Å². The molecule has 1 fully saturated rings. The summed E-state index contributed by atoms with van der Waals surface area (Å²) in [5.41, 5.74) is 5.05. The summed E-state index contributed by atoms with van der Waals surface area (Å²) in [4.78, 5) is 19.5. The average Bonchev–Trinajstić information content (AvgIpc) is 2.85. The van der Waals surface area contributed by atoms with Crippen LogP contribution in [0.5, 0.6) is 5.75 Å². The van der Waals surface area contributed by atoms with Gasteiger partial charge in [0.2, 0.25) is 0 Å². The van der Waals surface area contributed by atoms with E-state index in [1.165, 1.54) is 37.0 Å². The Kier molecular flexibility index (Phi) is 8.42. The van der Waals surface area contributed by atoms with Crippen molar-refractivity contribution >= 4 is 5.78 Å². The van der Waals surface area contributed by atoms with Gasteiger partial charge in [0.1, 0.15) is 17.3 Å². The van der Waals surface area contributed by atoms with E-state index in [4.69, 9.17) is 4.74 Å². The number of pyridine rings is 1. The van der Waals surface area contributed by atoms with Gasteiger partial charge in [-0.3, -0.25) is 14.7 Å². The minimum atomic E-state index is -0.267. The van der Waals surface area contributed by atoms with Gasteiger partial charge in [0.15, 0.2) is 0 Å². The van der Waals surface area contributed by atoms with Gasteiger partial charge in [0, 0.05) is 36.8 Å². The molecular formula is C29H33FN2O2. The van der Waals surface area contributed by atoms with Crippen molar-refractivity contribution in [3.05, 3.63) is 83.4 Å². The van der Waals surface area contributed by atoms with Crippen molar-refractivity contribution in [3.63, 3.8) is 0 Å². The molecule has 4 nitrogen and oxygen atoms in total. The molecule has 1 aliphatic rings. The van der Waals surface area contributed by atoms with Crippen molar-refractivity contribution in [2.45, 2.75) is 52.0 Å². The second kappa shape index (κ2) is 11.9. The monoisotopic (exact) mass is 460 g/mol. The van der Waals surface area contributed by atoms with Crippen molar-refractivity contribution < 1.29 is 13.9 Å². The molecule has 0 unspecified atom stereocenters. The zero-order valence-electron chi connectivity index (χ0n) is 19.9. The Hall–Kier alpha value is -3.05. The zero-order chi connectivity index (χ0) is 23.8. The van der Waals surface area contributed by atoms with Gasteiger partial charge in [-0.1, -0.05) is 30.7 Å². The van der Waals surface area contributed by atoms with Gasteiger partial charge in [-0.05, 0) is 86.3 Å². The number of carbonyl (C=O) groups excluding carboxylic acids is 1. The Bertz CT molecular complexity index is 1090. The van der Waals surface area contributed by atoms with Crippen LogP contribution in [-0.2, 0) is 24.2 Å². The lowest BCUT2D eigenvalue weighted by Gasteiger charge is -2.27. The molecule has 0 N–H and O–H groups in total. The van der Waals surface area contributed by atoms with Gasteiger partial charge in [-0.25, -0.2) is 4.39 Å². The molecule has 178 valence electrons. The van der Waals surface area contributed by atoms with Crippen LogP contribution < -0.4 is 4.74 Å². The standard InChI is InChI=1S/C29H33FN2O2/c1-2-34-28-13-14-29(24(18-28)21-32-15-4-3-5-16-32)23-10-11-26(31-20-23)19-27(33)12-9-22-7-6-8-25(30)17-22/h6-8,10-11,13-14,17-18,20H,2-5,9,12,15-16,19,21H2,1H3. The van der Waals surface area contributed by atoms with E-state index in [0.29, 0.717) is 25.9 Å².